The molecule has 1 heterocycles. The van der Waals surface area contributed by atoms with E-state index in [1.165, 1.54) is 0 Å². The lowest BCUT2D eigenvalue weighted by molar-refractivity contribution is 0.112. The number of ether oxygens (including phenoxy) is 1. The highest BCUT2D eigenvalue weighted by atomic mass is 16.5. The zero-order valence-corrected chi connectivity index (χ0v) is 6.41. The van der Waals surface area contributed by atoms with Crippen LogP contribution < -0.4 is 4.74 Å². The predicted octanol–water partition coefficient (Wildman–Crippen LogP) is 1.14. The van der Waals surface area contributed by atoms with Crippen LogP contribution in [0.1, 0.15) is 15.9 Å². The highest BCUT2D eigenvalue weighted by Gasteiger charge is 2.17. The molecule has 3 heteroatoms. The summed E-state index contributed by atoms with van der Waals surface area (Å²) in [5.41, 5.74) is 1.08. The van der Waals surface area contributed by atoms with Crippen LogP contribution in [0.25, 0.3) is 0 Å². The van der Waals surface area contributed by atoms with Gasteiger partial charge in [0.1, 0.15) is 11.5 Å². The fourth-order valence-electron chi connectivity index (χ4n) is 1.37. The number of carbonyl (C=O) groups is 1. The minimum atomic E-state index is 0.0694. The first kappa shape index (κ1) is 7.16. The molecule has 0 aliphatic carbocycles. The van der Waals surface area contributed by atoms with Crippen molar-refractivity contribution in [1.29, 1.82) is 0 Å². The molecule has 0 saturated heterocycles. The molecule has 3 nitrogen and oxygen atoms in total. The number of phenols is 1. The number of aldehydes is 1. The van der Waals surface area contributed by atoms with Crippen LogP contribution in [0.3, 0.4) is 0 Å². The molecule has 2 rings (SSSR count). The molecule has 0 radical (unpaired) electrons. The SMILES string of the molecule is O=Cc1ccc2c(c1O)CCO2. The molecule has 0 unspecified atom stereocenters. The normalized spacial score (nSPS) is 13.7. The third-order valence-electron chi connectivity index (χ3n) is 2.01. The first-order valence-electron chi connectivity index (χ1n) is 3.76. The van der Waals surface area contributed by atoms with E-state index in [0.717, 1.165) is 5.56 Å². The summed E-state index contributed by atoms with van der Waals surface area (Å²) >= 11 is 0. The van der Waals surface area contributed by atoms with E-state index in [9.17, 15) is 9.90 Å². The standard InChI is InChI=1S/C9H8O3/c10-5-6-1-2-8-7(9(6)11)3-4-12-8/h1-2,5,11H,3-4H2. The molecule has 0 aromatic heterocycles. The third-order valence-corrected chi connectivity index (χ3v) is 2.01. The molecule has 0 spiro atoms. The lowest BCUT2D eigenvalue weighted by atomic mass is 10.1. The third kappa shape index (κ3) is 0.863. The van der Waals surface area contributed by atoms with Gasteiger partial charge in [0.2, 0.25) is 0 Å². The van der Waals surface area contributed by atoms with Crippen molar-refractivity contribution >= 4 is 6.29 Å². The van der Waals surface area contributed by atoms with Gasteiger partial charge in [0.05, 0.1) is 12.2 Å². The summed E-state index contributed by atoms with van der Waals surface area (Å²) < 4.78 is 5.20. The maximum Gasteiger partial charge on any atom is 0.153 e. The predicted molar refractivity (Wildman–Crippen MR) is 42.7 cm³/mol. The summed E-state index contributed by atoms with van der Waals surface area (Å²) in [7, 11) is 0. The number of carbonyl (C=O) groups excluding carboxylic acids is 1. The van der Waals surface area contributed by atoms with Crippen molar-refractivity contribution in [3.05, 3.63) is 23.3 Å². The van der Waals surface area contributed by atoms with Gasteiger partial charge in [0, 0.05) is 12.0 Å². The van der Waals surface area contributed by atoms with Gasteiger partial charge in [-0.1, -0.05) is 0 Å². The molecule has 1 aromatic rings. The molecule has 0 fully saturated rings. The molecule has 1 aromatic carbocycles. The number of fused-ring (bicyclic) bond motifs is 1. The van der Waals surface area contributed by atoms with E-state index in [4.69, 9.17) is 4.74 Å². The molecule has 0 bridgehead atoms. The van der Waals surface area contributed by atoms with Gasteiger partial charge in [0.15, 0.2) is 6.29 Å². The minimum Gasteiger partial charge on any atom is -0.507 e. The topological polar surface area (TPSA) is 46.5 Å². The van der Waals surface area contributed by atoms with Crippen LogP contribution in [0.2, 0.25) is 0 Å². The highest BCUT2D eigenvalue weighted by Crippen LogP contribution is 2.34. The molecular formula is C9H8O3. The van der Waals surface area contributed by atoms with Gasteiger partial charge in [-0.15, -0.1) is 0 Å². The van der Waals surface area contributed by atoms with Gasteiger partial charge in [-0.25, -0.2) is 0 Å². The smallest absolute Gasteiger partial charge is 0.153 e. The lowest BCUT2D eigenvalue weighted by Gasteiger charge is -2.02. The van der Waals surface area contributed by atoms with Crippen molar-refractivity contribution in [2.75, 3.05) is 6.61 Å². The Kier molecular flexibility index (Phi) is 1.50. The Balaban J connectivity index is 2.61. The van der Waals surface area contributed by atoms with Gasteiger partial charge < -0.3 is 9.84 Å². The van der Waals surface area contributed by atoms with Crippen molar-refractivity contribution in [3.63, 3.8) is 0 Å². The van der Waals surface area contributed by atoms with E-state index >= 15 is 0 Å². The van der Waals surface area contributed by atoms with Gasteiger partial charge in [-0.05, 0) is 12.1 Å². The lowest BCUT2D eigenvalue weighted by Crippen LogP contribution is -1.86. The van der Waals surface area contributed by atoms with Crippen LogP contribution in [-0.4, -0.2) is 18.0 Å². The van der Waals surface area contributed by atoms with Crippen molar-refractivity contribution in [2.24, 2.45) is 0 Å². The minimum absolute atomic E-state index is 0.0694. The van der Waals surface area contributed by atoms with Gasteiger partial charge in [0.25, 0.3) is 0 Å². The van der Waals surface area contributed by atoms with Gasteiger partial charge >= 0.3 is 0 Å². The molecule has 1 aliphatic heterocycles. The van der Waals surface area contributed by atoms with E-state index in [2.05, 4.69) is 0 Å². The summed E-state index contributed by atoms with van der Waals surface area (Å²) in [6.07, 6.45) is 1.33. The summed E-state index contributed by atoms with van der Waals surface area (Å²) in [5.74, 6) is 0.762. The second kappa shape index (κ2) is 2.52. The number of benzene rings is 1. The number of phenolic OH excluding ortho intramolecular Hbond substituents is 1. The fraction of sp³-hybridized carbons (Fsp3) is 0.222. The van der Waals surface area contributed by atoms with Crippen LogP contribution in [0, 0.1) is 0 Å². The summed E-state index contributed by atoms with van der Waals surface area (Å²) in [5, 5.41) is 9.50. The average Bonchev–Trinajstić information content (AvgIpc) is 2.53. The number of hydrogen-bond donors (Lipinski definition) is 1. The fourth-order valence-corrected chi connectivity index (χ4v) is 1.37. The summed E-state index contributed by atoms with van der Waals surface area (Å²) in [6, 6.07) is 3.28. The first-order chi connectivity index (χ1) is 5.83. The van der Waals surface area contributed by atoms with Gasteiger partial charge in [-0.2, -0.15) is 0 Å². The zero-order chi connectivity index (χ0) is 8.55. The molecule has 1 N–H and O–H groups in total. The zero-order valence-electron chi connectivity index (χ0n) is 6.41. The quantitative estimate of drug-likeness (QED) is 0.633. The molecule has 12 heavy (non-hydrogen) atoms. The second-order valence-electron chi connectivity index (χ2n) is 2.70. The van der Waals surface area contributed by atoms with Gasteiger partial charge in [-0.3, -0.25) is 4.79 Å². The Labute approximate surface area is 69.6 Å². The first-order valence-corrected chi connectivity index (χ1v) is 3.76. The van der Waals surface area contributed by atoms with Crippen molar-refractivity contribution in [2.45, 2.75) is 6.42 Å². The Morgan fingerprint density at radius 1 is 1.50 bits per heavy atom. The van der Waals surface area contributed by atoms with Crippen LogP contribution >= 0.6 is 0 Å². The molecule has 0 atom stereocenters. The van der Waals surface area contributed by atoms with Crippen LogP contribution in [0.5, 0.6) is 11.5 Å². The summed E-state index contributed by atoms with van der Waals surface area (Å²) in [4.78, 5) is 10.4. The summed E-state index contributed by atoms with van der Waals surface area (Å²) in [6.45, 7) is 0.588. The highest BCUT2D eigenvalue weighted by molar-refractivity contribution is 5.81. The van der Waals surface area contributed by atoms with Crippen LogP contribution in [0.4, 0.5) is 0 Å². The molecule has 1 aliphatic rings. The average molecular weight is 164 g/mol. The Bertz CT molecular complexity index is 331. The van der Waals surface area contributed by atoms with Crippen LogP contribution in [0.15, 0.2) is 12.1 Å². The second-order valence-corrected chi connectivity index (χ2v) is 2.70. The van der Waals surface area contributed by atoms with E-state index < -0.39 is 0 Å². The number of hydrogen-bond acceptors (Lipinski definition) is 3. The van der Waals surface area contributed by atoms with E-state index in [1.807, 2.05) is 0 Å². The van der Waals surface area contributed by atoms with Crippen molar-refractivity contribution in [3.8, 4) is 11.5 Å². The Hall–Kier alpha value is -1.51. The molecule has 0 amide bonds. The van der Waals surface area contributed by atoms with E-state index in [-0.39, 0.29) is 5.75 Å². The Morgan fingerprint density at radius 3 is 3.08 bits per heavy atom. The molecule has 62 valence electrons. The van der Waals surface area contributed by atoms with Crippen LogP contribution in [-0.2, 0) is 6.42 Å². The Morgan fingerprint density at radius 2 is 2.33 bits per heavy atom. The maximum atomic E-state index is 10.4. The van der Waals surface area contributed by atoms with Crippen molar-refractivity contribution in [1.82, 2.24) is 0 Å². The molecular weight excluding hydrogens is 156 g/mol. The molecule has 0 saturated carbocycles. The monoisotopic (exact) mass is 164 g/mol. The largest absolute Gasteiger partial charge is 0.507 e. The van der Waals surface area contributed by atoms with E-state index in [1.54, 1.807) is 12.1 Å². The number of rotatable bonds is 1. The number of aromatic hydroxyl groups is 1. The van der Waals surface area contributed by atoms with E-state index in [0.29, 0.717) is 30.6 Å². The van der Waals surface area contributed by atoms with Crippen molar-refractivity contribution < 1.29 is 14.6 Å². The maximum absolute atomic E-state index is 10.4.